The topological polar surface area (TPSA) is 76.3 Å². The van der Waals surface area contributed by atoms with E-state index in [1.165, 1.54) is 6.33 Å². The van der Waals surface area contributed by atoms with Crippen molar-refractivity contribution in [1.82, 2.24) is 14.9 Å². The monoisotopic (exact) mass is 271 g/mol. The summed E-state index contributed by atoms with van der Waals surface area (Å²) in [7, 11) is 0. The second-order valence-electron chi connectivity index (χ2n) is 4.16. The second-order valence-corrected chi connectivity index (χ2v) is 4.53. The number of ether oxygens (including phenoxy) is 1. The Morgan fingerprint density at radius 3 is 2.94 bits per heavy atom. The van der Waals surface area contributed by atoms with Gasteiger partial charge < -0.3 is 15.8 Å². The van der Waals surface area contributed by atoms with Crippen molar-refractivity contribution in [1.29, 1.82) is 0 Å². The number of halogens is 1. The molecule has 2 rings (SSSR count). The number of hydrogen-bond donors (Lipinski definition) is 2. The van der Waals surface area contributed by atoms with E-state index >= 15 is 0 Å². The van der Waals surface area contributed by atoms with Gasteiger partial charge in [0.05, 0.1) is 13.2 Å². The van der Waals surface area contributed by atoms with E-state index in [2.05, 4.69) is 20.2 Å². The van der Waals surface area contributed by atoms with E-state index in [4.69, 9.17) is 22.1 Å². The van der Waals surface area contributed by atoms with Gasteiger partial charge in [-0.3, -0.25) is 4.90 Å². The van der Waals surface area contributed by atoms with Crippen molar-refractivity contribution in [3.63, 3.8) is 0 Å². The van der Waals surface area contributed by atoms with Crippen molar-refractivity contribution in [2.45, 2.75) is 6.42 Å². The van der Waals surface area contributed by atoms with Gasteiger partial charge in [-0.2, -0.15) is 0 Å². The van der Waals surface area contributed by atoms with Gasteiger partial charge in [0.1, 0.15) is 23.0 Å². The highest BCUT2D eigenvalue weighted by molar-refractivity contribution is 6.35. The van der Waals surface area contributed by atoms with Gasteiger partial charge in [0, 0.05) is 19.6 Å². The molecule has 0 saturated carbocycles. The standard InChI is InChI=1S/C11H18ClN5O/c12-9-10(13)15-8-16-11(9)14-2-1-3-17-4-6-18-7-5-17/h8H,1-7H2,(H3,13,14,15,16). The summed E-state index contributed by atoms with van der Waals surface area (Å²) in [4.78, 5) is 10.3. The zero-order valence-electron chi connectivity index (χ0n) is 10.2. The third kappa shape index (κ3) is 3.69. The SMILES string of the molecule is Nc1ncnc(NCCCN2CCOCC2)c1Cl. The number of nitrogens with two attached hydrogens (primary N) is 1. The number of rotatable bonds is 5. The van der Waals surface area contributed by atoms with Gasteiger partial charge in [-0.05, 0) is 13.0 Å². The van der Waals surface area contributed by atoms with E-state index < -0.39 is 0 Å². The lowest BCUT2D eigenvalue weighted by Gasteiger charge is -2.26. The summed E-state index contributed by atoms with van der Waals surface area (Å²) in [6.07, 6.45) is 2.44. The molecule has 6 nitrogen and oxygen atoms in total. The van der Waals surface area contributed by atoms with Crippen molar-refractivity contribution >= 4 is 23.2 Å². The second kappa shape index (κ2) is 6.72. The number of aromatic nitrogens is 2. The Morgan fingerprint density at radius 1 is 1.39 bits per heavy atom. The summed E-state index contributed by atoms with van der Waals surface area (Å²) in [5.41, 5.74) is 5.60. The average Bonchev–Trinajstić information content (AvgIpc) is 2.40. The molecule has 0 amide bonds. The van der Waals surface area contributed by atoms with Crippen molar-refractivity contribution in [2.24, 2.45) is 0 Å². The molecule has 1 saturated heterocycles. The molecule has 1 aliphatic rings. The van der Waals surface area contributed by atoms with Gasteiger partial charge in [0.25, 0.3) is 0 Å². The van der Waals surface area contributed by atoms with Crippen LogP contribution in [0.4, 0.5) is 11.6 Å². The molecule has 2 heterocycles. The van der Waals surface area contributed by atoms with E-state index in [-0.39, 0.29) is 0 Å². The lowest BCUT2D eigenvalue weighted by molar-refractivity contribution is 0.0378. The molecule has 0 atom stereocenters. The first kappa shape index (κ1) is 13.3. The van der Waals surface area contributed by atoms with Crippen molar-refractivity contribution < 1.29 is 4.74 Å². The predicted molar refractivity (Wildman–Crippen MR) is 71.8 cm³/mol. The van der Waals surface area contributed by atoms with Crippen molar-refractivity contribution in [3.05, 3.63) is 11.3 Å². The number of morpholine rings is 1. The largest absolute Gasteiger partial charge is 0.382 e. The first-order valence-electron chi connectivity index (χ1n) is 6.07. The van der Waals surface area contributed by atoms with Crippen LogP contribution in [0.15, 0.2) is 6.33 Å². The van der Waals surface area contributed by atoms with Gasteiger partial charge in [0.15, 0.2) is 0 Å². The Bertz CT molecular complexity index is 384. The molecule has 0 aliphatic carbocycles. The number of hydrogen-bond acceptors (Lipinski definition) is 6. The van der Waals surface area contributed by atoms with Crippen LogP contribution in [0.25, 0.3) is 0 Å². The van der Waals surface area contributed by atoms with Gasteiger partial charge in [-0.25, -0.2) is 9.97 Å². The summed E-state index contributed by atoms with van der Waals surface area (Å²) in [5.74, 6) is 0.911. The van der Waals surface area contributed by atoms with E-state index in [1.54, 1.807) is 0 Å². The van der Waals surface area contributed by atoms with Crippen LogP contribution < -0.4 is 11.1 Å². The van der Waals surface area contributed by atoms with Gasteiger partial charge in [-0.1, -0.05) is 11.6 Å². The van der Waals surface area contributed by atoms with Crippen LogP contribution in [-0.4, -0.2) is 54.3 Å². The van der Waals surface area contributed by atoms with Crippen LogP contribution in [0.5, 0.6) is 0 Å². The Labute approximate surface area is 111 Å². The van der Waals surface area contributed by atoms with Crippen molar-refractivity contribution in [2.75, 3.05) is 50.4 Å². The first-order valence-corrected chi connectivity index (χ1v) is 6.45. The molecule has 0 spiro atoms. The predicted octanol–water partition coefficient (Wildman–Crippen LogP) is 0.846. The maximum atomic E-state index is 5.98. The third-order valence-electron chi connectivity index (χ3n) is 2.86. The molecule has 3 N–H and O–H groups in total. The zero-order chi connectivity index (χ0) is 12.8. The molecule has 1 aliphatic heterocycles. The van der Waals surface area contributed by atoms with Crippen LogP contribution in [-0.2, 0) is 4.74 Å². The van der Waals surface area contributed by atoms with Crippen LogP contribution in [0.2, 0.25) is 5.02 Å². The highest BCUT2D eigenvalue weighted by atomic mass is 35.5. The minimum absolute atomic E-state index is 0.308. The van der Waals surface area contributed by atoms with E-state index in [9.17, 15) is 0 Å². The highest BCUT2D eigenvalue weighted by Gasteiger charge is 2.10. The molecule has 1 aromatic rings. The fourth-order valence-electron chi connectivity index (χ4n) is 1.84. The van der Waals surface area contributed by atoms with E-state index in [0.717, 1.165) is 45.8 Å². The Hall–Kier alpha value is -1.11. The minimum atomic E-state index is 0.308. The molecule has 0 bridgehead atoms. The molecule has 0 radical (unpaired) electrons. The number of nitrogens with one attached hydrogen (secondary N) is 1. The number of nitrogens with zero attached hydrogens (tertiary/aromatic N) is 3. The number of nitrogen functional groups attached to an aromatic ring is 1. The van der Waals surface area contributed by atoms with Crippen LogP contribution in [0.1, 0.15) is 6.42 Å². The molecule has 0 unspecified atom stereocenters. The molecule has 18 heavy (non-hydrogen) atoms. The lowest BCUT2D eigenvalue weighted by atomic mass is 10.3. The highest BCUT2D eigenvalue weighted by Crippen LogP contribution is 2.22. The van der Waals surface area contributed by atoms with Crippen molar-refractivity contribution in [3.8, 4) is 0 Å². The van der Waals surface area contributed by atoms with Crippen LogP contribution in [0.3, 0.4) is 0 Å². The third-order valence-corrected chi connectivity index (χ3v) is 3.24. The summed E-state index contributed by atoms with van der Waals surface area (Å²) < 4.78 is 5.30. The normalized spacial score (nSPS) is 16.7. The fourth-order valence-corrected chi connectivity index (χ4v) is 2.01. The Morgan fingerprint density at radius 2 is 2.17 bits per heavy atom. The smallest absolute Gasteiger partial charge is 0.150 e. The Kier molecular flexibility index (Phi) is 4.98. The Balaban J connectivity index is 1.70. The van der Waals surface area contributed by atoms with E-state index in [1.807, 2.05) is 0 Å². The maximum Gasteiger partial charge on any atom is 0.150 e. The zero-order valence-corrected chi connectivity index (χ0v) is 11.0. The number of anilines is 2. The van der Waals surface area contributed by atoms with Gasteiger partial charge in [-0.15, -0.1) is 0 Å². The maximum absolute atomic E-state index is 5.98. The molecule has 100 valence electrons. The van der Waals surface area contributed by atoms with Crippen LogP contribution >= 0.6 is 11.6 Å². The quantitative estimate of drug-likeness (QED) is 0.773. The molecular formula is C11H18ClN5O. The van der Waals surface area contributed by atoms with Gasteiger partial charge >= 0.3 is 0 Å². The first-order chi connectivity index (χ1) is 8.77. The summed E-state index contributed by atoms with van der Waals surface area (Å²) in [6.45, 7) is 5.56. The van der Waals surface area contributed by atoms with Crippen LogP contribution in [0, 0.1) is 0 Å². The van der Waals surface area contributed by atoms with E-state index in [0.29, 0.717) is 16.7 Å². The molecular weight excluding hydrogens is 254 g/mol. The lowest BCUT2D eigenvalue weighted by Crippen LogP contribution is -2.37. The average molecular weight is 272 g/mol. The summed E-state index contributed by atoms with van der Waals surface area (Å²) in [5, 5.41) is 3.56. The summed E-state index contributed by atoms with van der Waals surface area (Å²) >= 11 is 5.98. The molecule has 1 fully saturated rings. The summed E-state index contributed by atoms with van der Waals surface area (Å²) in [6, 6.07) is 0. The fraction of sp³-hybridized carbons (Fsp3) is 0.636. The minimum Gasteiger partial charge on any atom is -0.382 e. The molecule has 0 aromatic carbocycles. The molecule has 7 heteroatoms. The van der Waals surface area contributed by atoms with Gasteiger partial charge in [0.2, 0.25) is 0 Å². The molecule has 1 aromatic heterocycles.